The lowest BCUT2D eigenvalue weighted by atomic mass is 9.82. The van der Waals surface area contributed by atoms with Crippen molar-refractivity contribution in [2.24, 2.45) is 0 Å². The van der Waals surface area contributed by atoms with E-state index < -0.39 is 0 Å². The van der Waals surface area contributed by atoms with Gasteiger partial charge in [0.1, 0.15) is 0 Å². The third-order valence-corrected chi connectivity index (χ3v) is 11.2. The molecule has 0 unspecified atom stereocenters. The highest BCUT2D eigenvalue weighted by molar-refractivity contribution is 6.19. The van der Waals surface area contributed by atoms with Gasteiger partial charge in [0, 0.05) is 43.8 Å². The third kappa shape index (κ3) is 4.34. The Morgan fingerprint density at radius 2 is 0.925 bits per heavy atom. The summed E-state index contributed by atoms with van der Waals surface area (Å²) >= 11 is 0. The molecule has 3 aromatic heterocycles. The molecule has 1 aliphatic carbocycles. The Kier molecular flexibility index (Phi) is 6.23. The van der Waals surface area contributed by atoms with Crippen LogP contribution in [0, 0.1) is 0 Å². The molecule has 0 fully saturated rings. The number of para-hydroxylation sites is 2. The molecular weight excluding hydrogens is 647 g/mol. The first-order chi connectivity index (χ1) is 26.0. The highest BCUT2D eigenvalue weighted by Gasteiger charge is 2.35. The predicted molar refractivity (Wildman–Crippen MR) is 217 cm³/mol. The van der Waals surface area contributed by atoms with E-state index in [-0.39, 0.29) is 5.41 Å². The third-order valence-electron chi connectivity index (χ3n) is 11.2. The van der Waals surface area contributed by atoms with Crippen LogP contribution < -0.4 is 0 Å². The first-order valence-electron chi connectivity index (χ1n) is 18.1. The molecule has 250 valence electrons. The van der Waals surface area contributed by atoms with Crippen molar-refractivity contribution in [3.8, 4) is 45.5 Å². The van der Waals surface area contributed by atoms with E-state index in [2.05, 4.69) is 150 Å². The fourth-order valence-corrected chi connectivity index (χ4v) is 8.65. The molecule has 0 amide bonds. The Bertz CT molecular complexity index is 3020. The van der Waals surface area contributed by atoms with Gasteiger partial charge in [0.2, 0.25) is 5.95 Å². The molecule has 0 atom stereocenters. The summed E-state index contributed by atoms with van der Waals surface area (Å²) in [4.78, 5) is 15.4. The van der Waals surface area contributed by atoms with Crippen molar-refractivity contribution < 1.29 is 0 Å². The maximum absolute atomic E-state index is 5.18. The van der Waals surface area contributed by atoms with Crippen molar-refractivity contribution in [3.63, 3.8) is 0 Å². The van der Waals surface area contributed by atoms with Crippen LogP contribution in [0.25, 0.3) is 89.2 Å². The number of hydrogen-bond acceptors (Lipinski definition) is 3. The zero-order chi connectivity index (χ0) is 35.3. The van der Waals surface area contributed by atoms with Gasteiger partial charge in [0.25, 0.3) is 0 Å². The number of rotatable bonds is 4. The summed E-state index contributed by atoms with van der Waals surface area (Å²) in [5.74, 6) is 1.86. The van der Waals surface area contributed by atoms with Crippen molar-refractivity contribution in [1.82, 2.24) is 24.1 Å². The summed E-state index contributed by atoms with van der Waals surface area (Å²) in [5, 5.41) is 4.75. The number of benzene rings is 7. The minimum Gasteiger partial charge on any atom is -0.309 e. The lowest BCUT2D eigenvalue weighted by molar-refractivity contribution is 0.660. The molecule has 7 aromatic carbocycles. The van der Waals surface area contributed by atoms with Crippen LogP contribution in [0.2, 0.25) is 0 Å². The summed E-state index contributed by atoms with van der Waals surface area (Å²) in [5.41, 5.74) is 12.7. The van der Waals surface area contributed by atoms with Gasteiger partial charge in [-0.05, 0) is 58.7 Å². The zero-order valence-electron chi connectivity index (χ0n) is 29.3. The summed E-state index contributed by atoms with van der Waals surface area (Å²) in [6.45, 7) is 4.69. The van der Waals surface area contributed by atoms with Crippen molar-refractivity contribution in [2.75, 3.05) is 0 Å². The fraction of sp³-hybridized carbons (Fsp3) is 0.0625. The highest BCUT2D eigenvalue weighted by atomic mass is 15.2. The molecule has 5 nitrogen and oxygen atoms in total. The average Bonchev–Trinajstić information content (AvgIpc) is 3.80. The molecule has 0 aliphatic heterocycles. The van der Waals surface area contributed by atoms with Crippen molar-refractivity contribution in [2.45, 2.75) is 19.3 Å². The molecule has 0 spiro atoms. The van der Waals surface area contributed by atoms with Crippen LogP contribution in [-0.4, -0.2) is 24.1 Å². The SMILES string of the molecule is CC1(C)c2ccccc2-c2ccc(-n3c4ccccc4c4cc5c6ccccc6n(-c6nc(-c7ccccc7)nc(-c7ccccc7)n6)c5cc43)cc21. The van der Waals surface area contributed by atoms with E-state index in [1.54, 1.807) is 0 Å². The quantitative estimate of drug-likeness (QED) is 0.186. The predicted octanol–water partition coefficient (Wildman–Crippen LogP) is 11.7. The van der Waals surface area contributed by atoms with Crippen LogP contribution in [0.15, 0.2) is 164 Å². The molecule has 11 rings (SSSR count). The molecule has 0 radical (unpaired) electrons. The number of fused-ring (bicyclic) bond motifs is 9. The Labute approximate surface area is 306 Å². The van der Waals surface area contributed by atoms with Gasteiger partial charge in [-0.2, -0.15) is 9.97 Å². The minimum absolute atomic E-state index is 0.105. The summed E-state index contributed by atoms with van der Waals surface area (Å²) in [7, 11) is 0. The summed E-state index contributed by atoms with van der Waals surface area (Å²) < 4.78 is 4.65. The van der Waals surface area contributed by atoms with E-state index >= 15 is 0 Å². The van der Waals surface area contributed by atoms with Crippen molar-refractivity contribution in [1.29, 1.82) is 0 Å². The van der Waals surface area contributed by atoms with Gasteiger partial charge in [-0.25, -0.2) is 4.98 Å². The van der Waals surface area contributed by atoms with Gasteiger partial charge in [-0.1, -0.05) is 141 Å². The number of aromatic nitrogens is 5. The Morgan fingerprint density at radius 1 is 0.396 bits per heavy atom. The van der Waals surface area contributed by atoms with Gasteiger partial charge < -0.3 is 4.57 Å². The average molecular weight is 680 g/mol. The molecule has 0 saturated heterocycles. The van der Waals surface area contributed by atoms with Crippen LogP contribution in [0.4, 0.5) is 0 Å². The normalized spacial score (nSPS) is 13.2. The van der Waals surface area contributed by atoms with Gasteiger partial charge in [0.15, 0.2) is 11.6 Å². The van der Waals surface area contributed by atoms with Crippen molar-refractivity contribution >= 4 is 43.6 Å². The second kappa shape index (κ2) is 11.1. The summed E-state index contributed by atoms with van der Waals surface area (Å²) in [6, 6.07) is 58.2. The van der Waals surface area contributed by atoms with E-state index in [0.29, 0.717) is 17.6 Å². The fourth-order valence-electron chi connectivity index (χ4n) is 8.65. The minimum atomic E-state index is -0.105. The standard InChI is InChI=1S/C48H33N5/c1-48(2)39-22-12-9-19-33(39)34-26-25-32(27-40(34)48)52-41-23-13-10-20-35(41)37-28-38-36-21-11-14-24-42(36)53(44(38)29-43(37)52)47-50-45(30-15-5-3-6-16-30)49-46(51-47)31-17-7-4-8-18-31/h3-29H,1-2H3. The van der Waals surface area contributed by atoms with Gasteiger partial charge >= 0.3 is 0 Å². The topological polar surface area (TPSA) is 48.5 Å². The second-order valence-electron chi connectivity index (χ2n) is 14.5. The van der Waals surface area contributed by atoms with Crippen LogP contribution in [0.1, 0.15) is 25.0 Å². The van der Waals surface area contributed by atoms with E-state index in [1.807, 2.05) is 36.4 Å². The largest absolute Gasteiger partial charge is 0.309 e. The number of nitrogens with zero attached hydrogens (tertiary/aromatic N) is 5. The highest BCUT2D eigenvalue weighted by Crippen LogP contribution is 2.49. The monoisotopic (exact) mass is 679 g/mol. The smallest absolute Gasteiger partial charge is 0.238 e. The molecule has 0 saturated carbocycles. The van der Waals surface area contributed by atoms with Gasteiger partial charge in [-0.3, -0.25) is 4.57 Å². The Hall–Kier alpha value is -6.85. The first-order valence-corrected chi connectivity index (χ1v) is 18.1. The molecule has 0 bridgehead atoms. The van der Waals surface area contributed by atoms with Gasteiger partial charge in [-0.15, -0.1) is 0 Å². The molecule has 3 heterocycles. The molecule has 5 heteroatoms. The van der Waals surface area contributed by atoms with E-state index in [1.165, 1.54) is 38.5 Å². The lowest BCUT2D eigenvalue weighted by Crippen LogP contribution is -2.15. The molecule has 1 aliphatic rings. The zero-order valence-corrected chi connectivity index (χ0v) is 29.3. The maximum atomic E-state index is 5.18. The van der Waals surface area contributed by atoms with E-state index in [9.17, 15) is 0 Å². The first kappa shape index (κ1) is 29.8. The van der Waals surface area contributed by atoms with E-state index in [0.717, 1.165) is 44.1 Å². The van der Waals surface area contributed by atoms with Crippen LogP contribution in [-0.2, 0) is 5.41 Å². The van der Waals surface area contributed by atoms with Crippen LogP contribution in [0.3, 0.4) is 0 Å². The van der Waals surface area contributed by atoms with Crippen LogP contribution in [0.5, 0.6) is 0 Å². The van der Waals surface area contributed by atoms with Crippen LogP contribution >= 0.6 is 0 Å². The van der Waals surface area contributed by atoms with Crippen molar-refractivity contribution in [3.05, 3.63) is 175 Å². The molecule has 0 N–H and O–H groups in total. The Morgan fingerprint density at radius 3 is 1.58 bits per heavy atom. The summed E-state index contributed by atoms with van der Waals surface area (Å²) in [6.07, 6.45) is 0. The second-order valence-corrected chi connectivity index (χ2v) is 14.5. The molecule has 53 heavy (non-hydrogen) atoms. The Balaban J connectivity index is 1.21. The number of hydrogen-bond donors (Lipinski definition) is 0. The van der Waals surface area contributed by atoms with Gasteiger partial charge in [0.05, 0.1) is 22.1 Å². The molecular formula is C48H33N5. The molecule has 10 aromatic rings. The van der Waals surface area contributed by atoms with E-state index in [4.69, 9.17) is 15.0 Å². The lowest BCUT2D eigenvalue weighted by Gasteiger charge is -2.22. The maximum Gasteiger partial charge on any atom is 0.238 e.